The summed E-state index contributed by atoms with van der Waals surface area (Å²) in [5.41, 5.74) is 1.43. The van der Waals surface area contributed by atoms with Crippen molar-refractivity contribution < 1.29 is 9.53 Å². The van der Waals surface area contributed by atoms with E-state index in [0.717, 1.165) is 10.0 Å². The number of ether oxygens (including phenoxy) is 1. The number of aryl methyl sites for hydroxylation is 1. The molecule has 0 spiro atoms. The lowest BCUT2D eigenvalue weighted by Gasteiger charge is -2.26. The molecule has 1 fully saturated rings. The van der Waals surface area contributed by atoms with Gasteiger partial charge in [0.25, 0.3) is 5.91 Å². The summed E-state index contributed by atoms with van der Waals surface area (Å²) in [7, 11) is 0. The van der Waals surface area contributed by atoms with Gasteiger partial charge in [-0.15, -0.1) is 0 Å². The predicted molar refractivity (Wildman–Crippen MR) is 63.4 cm³/mol. The van der Waals surface area contributed by atoms with E-state index in [2.05, 4.69) is 20.9 Å². The highest BCUT2D eigenvalue weighted by Gasteiger charge is 2.20. The van der Waals surface area contributed by atoms with Crippen LogP contribution in [-0.4, -0.2) is 42.1 Å². The molecular formula is C11H13BrN2O2. The van der Waals surface area contributed by atoms with Gasteiger partial charge in [-0.3, -0.25) is 4.79 Å². The van der Waals surface area contributed by atoms with Gasteiger partial charge < -0.3 is 9.64 Å². The molecule has 16 heavy (non-hydrogen) atoms. The van der Waals surface area contributed by atoms with E-state index < -0.39 is 0 Å². The predicted octanol–water partition coefficient (Wildman–Crippen LogP) is 1.62. The highest BCUT2D eigenvalue weighted by molar-refractivity contribution is 9.10. The van der Waals surface area contributed by atoms with Gasteiger partial charge in [0.05, 0.1) is 13.2 Å². The van der Waals surface area contributed by atoms with E-state index in [-0.39, 0.29) is 5.91 Å². The first-order chi connectivity index (χ1) is 7.68. The summed E-state index contributed by atoms with van der Waals surface area (Å²) in [6.07, 6.45) is 1.65. The minimum absolute atomic E-state index is 0.00620. The number of halogens is 1. The average molecular weight is 285 g/mol. The Morgan fingerprint density at radius 1 is 1.50 bits per heavy atom. The second kappa shape index (κ2) is 4.93. The zero-order chi connectivity index (χ0) is 11.5. The number of carbonyl (C=O) groups is 1. The maximum atomic E-state index is 12.1. The lowest BCUT2D eigenvalue weighted by Crippen LogP contribution is -2.41. The van der Waals surface area contributed by atoms with Crippen molar-refractivity contribution in [2.75, 3.05) is 26.3 Å². The molecule has 0 bridgehead atoms. The summed E-state index contributed by atoms with van der Waals surface area (Å²) in [6.45, 7) is 4.42. The molecule has 1 saturated heterocycles. The molecule has 1 amide bonds. The number of aromatic nitrogens is 1. The third kappa shape index (κ3) is 2.41. The van der Waals surface area contributed by atoms with Crippen molar-refractivity contribution in [1.29, 1.82) is 0 Å². The van der Waals surface area contributed by atoms with Crippen LogP contribution in [0, 0.1) is 6.92 Å². The van der Waals surface area contributed by atoms with Crippen molar-refractivity contribution in [3.05, 3.63) is 28.0 Å². The lowest BCUT2D eigenvalue weighted by molar-refractivity contribution is 0.0298. The van der Waals surface area contributed by atoms with Gasteiger partial charge in [0, 0.05) is 23.8 Å². The fourth-order valence-corrected chi connectivity index (χ4v) is 2.13. The zero-order valence-electron chi connectivity index (χ0n) is 9.07. The molecule has 0 N–H and O–H groups in total. The third-order valence-electron chi connectivity index (χ3n) is 2.55. The molecule has 0 radical (unpaired) electrons. The number of pyridine rings is 1. The first kappa shape index (κ1) is 11.5. The second-order valence-electron chi connectivity index (χ2n) is 3.72. The number of nitrogens with zero attached hydrogens (tertiary/aromatic N) is 2. The van der Waals surface area contributed by atoms with Gasteiger partial charge in [0.1, 0.15) is 5.69 Å². The van der Waals surface area contributed by atoms with Crippen molar-refractivity contribution in [3.63, 3.8) is 0 Å². The smallest absolute Gasteiger partial charge is 0.272 e. The van der Waals surface area contributed by atoms with E-state index in [1.807, 2.05) is 13.0 Å². The Kier molecular flexibility index (Phi) is 3.56. The Bertz CT molecular complexity index is 403. The van der Waals surface area contributed by atoms with Crippen molar-refractivity contribution in [2.24, 2.45) is 0 Å². The van der Waals surface area contributed by atoms with Crippen LogP contribution in [0.5, 0.6) is 0 Å². The number of rotatable bonds is 1. The van der Waals surface area contributed by atoms with Crippen LogP contribution in [0.25, 0.3) is 0 Å². The Balaban J connectivity index is 2.19. The van der Waals surface area contributed by atoms with Crippen LogP contribution in [0.15, 0.2) is 16.7 Å². The number of amides is 1. The van der Waals surface area contributed by atoms with Gasteiger partial charge in [-0.1, -0.05) is 0 Å². The molecule has 0 saturated carbocycles. The monoisotopic (exact) mass is 284 g/mol. The minimum Gasteiger partial charge on any atom is -0.378 e. The lowest BCUT2D eigenvalue weighted by atomic mass is 10.2. The maximum Gasteiger partial charge on any atom is 0.272 e. The molecule has 0 unspecified atom stereocenters. The summed E-state index contributed by atoms with van der Waals surface area (Å²) < 4.78 is 6.11. The Morgan fingerprint density at radius 3 is 2.81 bits per heavy atom. The van der Waals surface area contributed by atoms with Crippen molar-refractivity contribution in [3.8, 4) is 0 Å². The fourth-order valence-electron chi connectivity index (χ4n) is 1.68. The summed E-state index contributed by atoms with van der Waals surface area (Å²) in [5, 5.41) is 0. The van der Waals surface area contributed by atoms with E-state index in [9.17, 15) is 4.79 Å². The van der Waals surface area contributed by atoms with E-state index in [0.29, 0.717) is 32.0 Å². The van der Waals surface area contributed by atoms with Crippen LogP contribution >= 0.6 is 15.9 Å². The van der Waals surface area contributed by atoms with Gasteiger partial charge in [0.2, 0.25) is 0 Å². The largest absolute Gasteiger partial charge is 0.378 e. The normalized spacial score (nSPS) is 16.2. The second-order valence-corrected chi connectivity index (χ2v) is 4.64. The van der Waals surface area contributed by atoms with Crippen molar-refractivity contribution >= 4 is 21.8 Å². The standard InChI is InChI=1S/C11H13BrN2O2/c1-8-6-9(12)7-13-10(8)11(15)14-2-4-16-5-3-14/h6-7H,2-5H2,1H3. The first-order valence-corrected chi connectivity index (χ1v) is 5.97. The van der Waals surface area contributed by atoms with Gasteiger partial charge in [-0.25, -0.2) is 4.98 Å². The highest BCUT2D eigenvalue weighted by Crippen LogP contribution is 2.15. The number of morpholine rings is 1. The molecule has 0 aromatic carbocycles. The molecule has 4 nitrogen and oxygen atoms in total. The quantitative estimate of drug-likeness (QED) is 0.787. The van der Waals surface area contributed by atoms with E-state index in [1.165, 1.54) is 0 Å². The van der Waals surface area contributed by atoms with Crippen LogP contribution < -0.4 is 0 Å². The summed E-state index contributed by atoms with van der Waals surface area (Å²) in [5.74, 6) is -0.00620. The van der Waals surface area contributed by atoms with Crippen LogP contribution in [0.3, 0.4) is 0 Å². The molecule has 86 valence electrons. The highest BCUT2D eigenvalue weighted by atomic mass is 79.9. The van der Waals surface area contributed by atoms with Crippen LogP contribution in [0.2, 0.25) is 0 Å². The number of hydrogen-bond donors (Lipinski definition) is 0. The molecular weight excluding hydrogens is 272 g/mol. The Morgan fingerprint density at radius 2 is 2.19 bits per heavy atom. The van der Waals surface area contributed by atoms with Crippen molar-refractivity contribution in [1.82, 2.24) is 9.88 Å². The molecule has 1 aliphatic rings. The van der Waals surface area contributed by atoms with Crippen LogP contribution in [0.4, 0.5) is 0 Å². The topological polar surface area (TPSA) is 42.4 Å². The molecule has 1 aromatic rings. The molecule has 1 aromatic heterocycles. The number of carbonyl (C=O) groups excluding carboxylic acids is 1. The van der Waals surface area contributed by atoms with Gasteiger partial charge in [-0.05, 0) is 34.5 Å². The van der Waals surface area contributed by atoms with Crippen LogP contribution in [-0.2, 0) is 4.74 Å². The zero-order valence-corrected chi connectivity index (χ0v) is 10.7. The van der Waals surface area contributed by atoms with E-state index in [4.69, 9.17) is 4.74 Å². The number of hydrogen-bond acceptors (Lipinski definition) is 3. The molecule has 0 atom stereocenters. The van der Waals surface area contributed by atoms with E-state index in [1.54, 1.807) is 11.1 Å². The first-order valence-electron chi connectivity index (χ1n) is 5.17. The summed E-state index contributed by atoms with van der Waals surface area (Å²) >= 11 is 3.33. The Hall–Kier alpha value is -0.940. The van der Waals surface area contributed by atoms with Crippen LogP contribution in [0.1, 0.15) is 16.1 Å². The molecule has 2 rings (SSSR count). The molecule has 2 heterocycles. The SMILES string of the molecule is Cc1cc(Br)cnc1C(=O)N1CCOCC1. The Labute approximate surface area is 103 Å². The third-order valence-corrected chi connectivity index (χ3v) is 2.98. The average Bonchev–Trinajstić information content (AvgIpc) is 2.29. The summed E-state index contributed by atoms with van der Waals surface area (Å²) in [6, 6.07) is 1.90. The van der Waals surface area contributed by atoms with Gasteiger partial charge in [0.15, 0.2) is 0 Å². The van der Waals surface area contributed by atoms with Crippen molar-refractivity contribution in [2.45, 2.75) is 6.92 Å². The molecule has 1 aliphatic heterocycles. The fraction of sp³-hybridized carbons (Fsp3) is 0.455. The maximum absolute atomic E-state index is 12.1. The molecule has 0 aliphatic carbocycles. The summed E-state index contributed by atoms with van der Waals surface area (Å²) in [4.78, 5) is 18.1. The minimum atomic E-state index is -0.00620. The molecule has 5 heteroatoms. The van der Waals surface area contributed by atoms with E-state index >= 15 is 0 Å². The van der Waals surface area contributed by atoms with Gasteiger partial charge in [-0.2, -0.15) is 0 Å². The van der Waals surface area contributed by atoms with Gasteiger partial charge >= 0.3 is 0 Å².